The number of hydrogen-bond donors (Lipinski definition) is 0. The van der Waals surface area contributed by atoms with E-state index in [1.165, 1.54) is 6.20 Å². The van der Waals surface area contributed by atoms with Crippen LogP contribution in [-0.4, -0.2) is 6.72 Å². The normalized spacial score (nSPS) is 4.60. The molecule has 0 spiro atoms. The smallest absolute Gasteiger partial charge is 0.0188 e. The van der Waals surface area contributed by atoms with Gasteiger partial charge in [0, 0.05) is 6.20 Å². The van der Waals surface area contributed by atoms with Crippen molar-refractivity contribution >= 4 is 6.72 Å². The summed E-state index contributed by atoms with van der Waals surface area (Å²) in [4.78, 5) is 3.25. The van der Waals surface area contributed by atoms with Crippen LogP contribution in [0.3, 0.4) is 0 Å². The lowest BCUT2D eigenvalue weighted by atomic mass is 10.6. The summed E-state index contributed by atoms with van der Waals surface area (Å²) in [6.07, 6.45) is 4.67. The zero-order chi connectivity index (χ0) is 8.83. The molecule has 0 bridgehead atoms. The summed E-state index contributed by atoms with van der Waals surface area (Å²) in [6.45, 7) is 17.1. The minimum Gasteiger partial charge on any atom is -0.273 e. The predicted octanol–water partition coefficient (Wildman–Crippen LogP) is 3.22. The van der Waals surface area contributed by atoms with Crippen LogP contribution >= 0.6 is 0 Å². The SMILES string of the molecule is C=CC=C.C=CN=C.CC. The summed E-state index contributed by atoms with van der Waals surface area (Å²) >= 11 is 0. The molecular formula is C9H17N. The van der Waals surface area contributed by atoms with E-state index in [0.717, 1.165) is 0 Å². The van der Waals surface area contributed by atoms with Crippen LogP contribution in [0.5, 0.6) is 0 Å². The second kappa shape index (κ2) is 44.8. The highest BCUT2D eigenvalue weighted by atomic mass is 14.6. The largest absolute Gasteiger partial charge is 0.273 e. The number of rotatable bonds is 2. The van der Waals surface area contributed by atoms with Crippen molar-refractivity contribution in [2.45, 2.75) is 13.8 Å². The molecule has 0 rings (SSSR count). The maximum atomic E-state index is 3.36. The van der Waals surface area contributed by atoms with E-state index in [1.807, 2.05) is 13.8 Å². The number of nitrogens with zero attached hydrogens (tertiary/aromatic N) is 1. The van der Waals surface area contributed by atoms with Gasteiger partial charge in [0.1, 0.15) is 0 Å². The van der Waals surface area contributed by atoms with Crippen molar-refractivity contribution in [3.63, 3.8) is 0 Å². The van der Waals surface area contributed by atoms with Crippen molar-refractivity contribution in [3.05, 3.63) is 38.1 Å². The van der Waals surface area contributed by atoms with Crippen LogP contribution in [0.25, 0.3) is 0 Å². The van der Waals surface area contributed by atoms with Gasteiger partial charge in [-0.25, -0.2) is 0 Å². The van der Waals surface area contributed by atoms with Crippen molar-refractivity contribution < 1.29 is 0 Å². The second-order valence-corrected chi connectivity index (χ2v) is 0.837. The maximum absolute atomic E-state index is 3.36. The Hall–Kier alpha value is -1.11. The Balaban J connectivity index is -0.0000000787. The maximum Gasteiger partial charge on any atom is 0.0188 e. The van der Waals surface area contributed by atoms with Gasteiger partial charge in [-0.2, -0.15) is 0 Å². The average molecular weight is 139 g/mol. The first kappa shape index (κ1) is 16.0. The monoisotopic (exact) mass is 139 g/mol. The Bertz CT molecular complexity index is 58.7. The van der Waals surface area contributed by atoms with Gasteiger partial charge in [-0.1, -0.05) is 45.7 Å². The lowest BCUT2D eigenvalue weighted by Gasteiger charge is -1.48. The molecular weight excluding hydrogens is 122 g/mol. The molecule has 0 saturated carbocycles. The topological polar surface area (TPSA) is 12.4 Å². The highest BCUT2D eigenvalue weighted by molar-refractivity contribution is 5.24. The van der Waals surface area contributed by atoms with Crippen LogP contribution in [0.4, 0.5) is 0 Å². The molecule has 1 heteroatoms. The van der Waals surface area contributed by atoms with Gasteiger partial charge in [-0.15, -0.1) is 0 Å². The van der Waals surface area contributed by atoms with Crippen molar-refractivity contribution in [3.8, 4) is 0 Å². The van der Waals surface area contributed by atoms with E-state index in [4.69, 9.17) is 0 Å². The molecule has 10 heavy (non-hydrogen) atoms. The molecule has 0 aromatic carbocycles. The van der Waals surface area contributed by atoms with Crippen LogP contribution < -0.4 is 0 Å². The average Bonchev–Trinajstić information content (AvgIpc) is 2.08. The molecule has 0 radical (unpaired) electrons. The first-order chi connectivity index (χ1) is 4.83. The van der Waals surface area contributed by atoms with Crippen LogP contribution in [0.2, 0.25) is 0 Å². The van der Waals surface area contributed by atoms with E-state index >= 15 is 0 Å². The minimum absolute atomic E-state index is 1.39. The zero-order valence-corrected chi connectivity index (χ0v) is 7.01. The molecule has 0 amide bonds. The molecule has 0 unspecified atom stereocenters. The van der Waals surface area contributed by atoms with E-state index in [1.54, 1.807) is 12.2 Å². The summed E-state index contributed by atoms with van der Waals surface area (Å²) in [7, 11) is 0. The molecule has 0 saturated heterocycles. The van der Waals surface area contributed by atoms with Crippen LogP contribution in [-0.2, 0) is 0 Å². The van der Waals surface area contributed by atoms with Gasteiger partial charge in [0.25, 0.3) is 0 Å². The summed E-state index contributed by atoms with van der Waals surface area (Å²) < 4.78 is 0. The summed E-state index contributed by atoms with van der Waals surface area (Å²) in [5, 5.41) is 0. The first-order valence-electron chi connectivity index (χ1n) is 3.13. The van der Waals surface area contributed by atoms with Crippen molar-refractivity contribution in [2.24, 2.45) is 4.99 Å². The van der Waals surface area contributed by atoms with Crippen molar-refractivity contribution in [1.82, 2.24) is 0 Å². The van der Waals surface area contributed by atoms with Gasteiger partial charge in [0.05, 0.1) is 0 Å². The van der Waals surface area contributed by atoms with E-state index < -0.39 is 0 Å². The van der Waals surface area contributed by atoms with E-state index in [2.05, 4.69) is 31.4 Å². The highest BCUT2D eigenvalue weighted by Gasteiger charge is 1.29. The zero-order valence-electron chi connectivity index (χ0n) is 7.01. The van der Waals surface area contributed by atoms with E-state index in [0.29, 0.717) is 0 Å². The molecule has 58 valence electrons. The van der Waals surface area contributed by atoms with E-state index in [9.17, 15) is 0 Å². The molecule has 0 heterocycles. The van der Waals surface area contributed by atoms with Crippen LogP contribution in [0, 0.1) is 0 Å². The van der Waals surface area contributed by atoms with Crippen molar-refractivity contribution in [2.75, 3.05) is 0 Å². The van der Waals surface area contributed by atoms with Crippen molar-refractivity contribution in [1.29, 1.82) is 0 Å². The Kier molecular flexibility index (Phi) is 71.5. The number of aliphatic imine (C=N–C) groups is 1. The predicted molar refractivity (Wildman–Crippen MR) is 51.5 cm³/mol. The Labute approximate surface area is 64.5 Å². The fraction of sp³-hybridized carbons (Fsp3) is 0.222. The molecule has 0 aromatic rings. The first-order valence-corrected chi connectivity index (χ1v) is 3.13. The van der Waals surface area contributed by atoms with Gasteiger partial charge >= 0.3 is 0 Å². The molecule has 0 atom stereocenters. The molecule has 0 aliphatic heterocycles. The van der Waals surface area contributed by atoms with Gasteiger partial charge in [0.15, 0.2) is 0 Å². The lowest BCUT2D eigenvalue weighted by Crippen LogP contribution is -1.26. The molecule has 0 N–H and O–H groups in total. The van der Waals surface area contributed by atoms with E-state index in [-0.39, 0.29) is 0 Å². The molecule has 1 nitrogen and oxygen atoms in total. The highest BCUT2D eigenvalue weighted by Crippen LogP contribution is 1.52. The van der Waals surface area contributed by atoms with Crippen LogP contribution in [0.15, 0.2) is 43.1 Å². The van der Waals surface area contributed by atoms with Gasteiger partial charge in [-0.3, -0.25) is 4.99 Å². The van der Waals surface area contributed by atoms with Gasteiger partial charge in [-0.05, 0) is 6.72 Å². The number of allylic oxidation sites excluding steroid dienone is 2. The number of hydrogen-bond acceptors (Lipinski definition) is 1. The third-order valence-electron chi connectivity index (χ3n) is 0.296. The Morgan fingerprint density at radius 2 is 1.20 bits per heavy atom. The van der Waals surface area contributed by atoms with Gasteiger partial charge < -0.3 is 0 Å². The summed E-state index contributed by atoms with van der Waals surface area (Å²) in [6, 6.07) is 0. The fourth-order valence-corrected chi connectivity index (χ4v) is 0. The minimum atomic E-state index is 1.39. The standard InChI is InChI=1S/C4H6.C3H5N.C2H6/c2*1-3-4-2;1-2/h3-4H,1-2H2;3H,1-2H2;1-2H3. The Morgan fingerprint density at radius 1 is 1.00 bits per heavy atom. The molecule has 0 fully saturated rings. The van der Waals surface area contributed by atoms with Crippen LogP contribution in [0.1, 0.15) is 13.8 Å². The Morgan fingerprint density at radius 3 is 1.20 bits per heavy atom. The second-order valence-electron chi connectivity index (χ2n) is 0.837. The summed E-state index contributed by atoms with van der Waals surface area (Å²) in [5.41, 5.74) is 0. The molecule has 0 aliphatic rings. The third kappa shape index (κ3) is 302. The quantitative estimate of drug-likeness (QED) is 0.411. The molecule has 0 aliphatic carbocycles. The third-order valence-corrected chi connectivity index (χ3v) is 0.296. The molecule has 0 aromatic heterocycles. The van der Waals surface area contributed by atoms with Gasteiger partial charge in [0.2, 0.25) is 0 Å². The lowest BCUT2D eigenvalue weighted by molar-refractivity contribution is 1.50. The fourth-order valence-electron chi connectivity index (χ4n) is 0. The summed E-state index contributed by atoms with van der Waals surface area (Å²) in [5.74, 6) is 0.